The van der Waals surface area contributed by atoms with Crippen LogP contribution in [-0.4, -0.2) is 16.3 Å². The first-order chi connectivity index (χ1) is 7.13. The fourth-order valence-electron chi connectivity index (χ4n) is 1.67. The Balaban J connectivity index is 2.60. The molecule has 0 bridgehead atoms. The third kappa shape index (κ3) is 1.73. The van der Waals surface area contributed by atoms with E-state index in [1.807, 2.05) is 13.1 Å². The van der Waals surface area contributed by atoms with Crippen LogP contribution < -0.4 is 5.73 Å². The van der Waals surface area contributed by atoms with Gasteiger partial charge in [0.1, 0.15) is 0 Å². The number of rotatable bonds is 2. The molecule has 0 aliphatic rings. The van der Waals surface area contributed by atoms with Gasteiger partial charge >= 0.3 is 0 Å². The minimum absolute atomic E-state index is 0.364. The molecule has 2 rings (SSSR count). The summed E-state index contributed by atoms with van der Waals surface area (Å²) in [7, 11) is 1.89. The van der Waals surface area contributed by atoms with Gasteiger partial charge in [0.15, 0.2) is 5.15 Å². The molecule has 1 aromatic heterocycles. The molecule has 0 spiro atoms. The van der Waals surface area contributed by atoms with E-state index in [1.54, 1.807) is 4.68 Å². The number of aryl methyl sites for hydroxylation is 1. The summed E-state index contributed by atoms with van der Waals surface area (Å²) in [6, 6.07) is 6.17. The topological polar surface area (TPSA) is 43.8 Å². The van der Waals surface area contributed by atoms with Crippen LogP contribution in [0.25, 0.3) is 10.9 Å². The van der Waals surface area contributed by atoms with Crippen LogP contribution in [0.4, 0.5) is 0 Å². The first-order valence-electron chi connectivity index (χ1n) is 4.95. The number of hydrogen-bond donors (Lipinski definition) is 1. The number of halogens is 1. The Morgan fingerprint density at radius 3 is 2.93 bits per heavy atom. The molecule has 1 atom stereocenters. The van der Waals surface area contributed by atoms with E-state index in [0.29, 0.717) is 17.6 Å². The molecule has 0 aliphatic heterocycles. The molecule has 80 valence electrons. The Morgan fingerprint density at radius 1 is 1.53 bits per heavy atom. The summed E-state index contributed by atoms with van der Waals surface area (Å²) in [6.45, 7) is 2.76. The third-order valence-corrected chi connectivity index (χ3v) is 3.03. The van der Waals surface area contributed by atoms with Crippen LogP contribution in [-0.2, 0) is 7.05 Å². The lowest BCUT2D eigenvalue weighted by atomic mass is 10.0. The minimum atomic E-state index is 0.364. The van der Waals surface area contributed by atoms with Gasteiger partial charge in [-0.3, -0.25) is 4.68 Å². The first-order valence-corrected chi connectivity index (χ1v) is 5.33. The maximum absolute atomic E-state index is 5.99. The van der Waals surface area contributed by atoms with Crippen LogP contribution in [0, 0.1) is 0 Å². The smallest absolute Gasteiger partial charge is 0.158 e. The van der Waals surface area contributed by atoms with E-state index < -0.39 is 0 Å². The maximum Gasteiger partial charge on any atom is 0.158 e. The van der Waals surface area contributed by atoms with Gasteiger partial charge in [0, 0.05) is 12.4 Å². The normalized spacial score (nSPS) is 13.3. The van der Waals surface area contributed by atoms with Crippen molar-refractivity contribution in [2.45, 2.75) is 12.8 Å². The zero-order chi connectivity index (χ0) is 11.0. The molecule has 0 fully saturated rings. The molecule has 4 heteroatoms. The van der Waals surface area contributed by atoms with E-state index in [2.05, 4.69) is 24.2 Å². The highest BCUT2D eigenvalue weighted by Gasteiger charge is 2.09. The van der Waals surface area contributed by atoms with Crippen LogP contribution in [0.3, 0.4) is 0 Å². The van der Waals surface area contributed by atoms with Crippen molar-refractivity contribution in [2.24, 2.45) is 12.8 Å². The van der Waals surface area contributed by atoms with Crippen molar-refractivity contribution in [1.29, 1.82) is 0 Å². The van der Waals surface area contributed by atoms with Crippen LogP contribution >= 0.6 is 11.6 Å². The third-order valence-electron chi connectivity index (χ3n) is 2.75. The van der Waals surface area contributed by atoms with Crippen molar-refractivity contribution < 1.29 is 0 Å². The van der Waals surface area contributed by atoms with Gasteiger partial charge in [-0.2, -0.15) is 5.10 Å². The zero-order valence-electron chi connectivity index (χ0n) is 8.87. The van der Waals surface area contributed by atoms with Crippen LogP contribution in [0.5, 0.6) is 0 Å². The highest BCUT2D eigenvalue weighted by molar-refractivity contribution is 6.34. The van der Waals surface area contributed by atoms with Crippen LogP contribution in [0.15, 0.2) is 18.2 Å². The summed E-state index contributed by atoms with van der Waals surface area (Å²) in [4.78, 5) is 0. The molecule has 1 unspecified atom stereocenters. The molecule has 2 aromatic rings. The van der Waals surface area contributed by atoms with Gasteiger partial charge in [0.2, 0.25) is 0 Å². The summed E-state index contributed by atoms with van der Waals surface area (Å²) < 4.78 is 1.80. The van der Waals surface area contributed by atoms with Crippen molar-refractivity contribution in [2.75, 3.05) is 6.54 Å². The Bertz CT molecular complexity index is 490. The van der Waals surface area contributed by atoms with Crippen LogP contribution in [0.2, 0.25) is 5.15 Å². The van der Waals surface area contributed by atoms with Gasteiger partial charge in [0.05, 0.1) is 5.52 Å². The standard InChI is InChI=1S/C11H14ClN3/c1-7(6-13)8-3-4-9-10(5-8)15(2)14-11(9)12/h3-5,7H,6,13H2,1-2H3. The van der Waals surface area contributed by atoms with Crippen molar-refractivity contribution in [1.82, 2.24) is 9.78 Å². The number of nitrogens with zero attached hydrogens (tertiary/aromatic N) is 2. The highest BCUT2D eigenvalue weighted by Crippen LogP contribution is 2.25. The first kappa shape index (κ1) is 10.5. The van der Waals surface area contributed by atoms with Gasteiger partial charge in [0.25, 0.3) is 0 Å². The molecule has 0 amide bonds. The van der Waals surface area contributed by atoms with Gasteiger partial charge < -0.3 is 5.73 Å². The summed E-state index contributed by atoms with van der Waals surface area (Å²) in [5.74, 6) is 0.364. The van der Waals surface area contributed by atoms with Crippen molar-refractivity contribution in [3.63, 3.8) is 0 Å². The Kier molecular flexibility index (Phi) is 2.67. The second kappa shape index (κ2) is 3.83. The van der Waals surface area contributed by atoms with Crippen molar-refractivity contribution in [3.8, 4) is 0 Å². The minimum Gasteiger partial charge on any atom is -0.330 e. The Hall–Kier alpha value is -1.06. The molecule has 3 nitrogen and oxygen atoms in total. The van der Waals surface area contributed by atoms with E-state index in [9.17, 15) is 0 Å². The largest absolute Gasteiger partial charge is 0.330 e. The van der Waals surface area contributed by atoms with E-state index in [0.717, 1.165) is 10.9 Å². The average molecular weight is 224 g/mol. The lowest BCUT2D eigenvalue weighted by Crippen LogP contribution is -2.08. The predicted molar refractivity (Wildman–Crippen MR) is 63.2 cm³/mol. The van der Waals surface area contributed by atoms with Gasteiger partial charge in [-0.15, -0.1) is 0 Å². The summed E-state index contributed by atoms with van der Waals surface area (Å²) in [5, 5.41) is 5.72. The van der Waals surface area contributed by atoms with E-state index >= 15 is 0 Å². The number of aromatic nitrogens is 2. The van der Waals surface area contributed by atoms with Gasteiger partial charge in [-0.25, -0.2) is 0 Å². The number of fused-ring (bicyclic) bond motifs is 1. The molecule has 2 N–H and O–H groups in total. The molecule has 0 saturated heterocycles. The van der Waals surface area contributed by atoms with E-state index in [4.69, 9.17) is 17.3 Å². The lowest BCUT2D eigenvalue weighted by Gasteiger charge is -2.08. The summed E-state index contributed by atoms with van der Waals surface area (Å²) in [6.07, 6.45) is 0. The Labute approximate surface area is 93.8 Å². The lowest BCUT2D eigenvalue weighted by molar-refractivity contribution is 0.769. The monoisotopic (exact) mass is 223 g/mol. The number of nitrogens with two attached hydrogens (primary N) is 1. The molecule has 0 radical (unpaired) electrons. The molecule has 1 aromatic carbocycles. The summed E-state index contributed by atoms with van der Waals surface area (Å²) >= 11 is 5.99. The zero-order valence-corrected chi connectivity index (χ0v) is 9.62. The molecular weight excluding hydrogens is 210 g/mol. The SMILES string of the molecule is CC(CN)c1ccc2c(Cl)nn(C)c2c1. The van der Waals surface area contributed by atoms with E-state index in [-0.39, 0.29) is 0 Å². The predicted octanol–water partition coefficient (Wildman–Crippen LogP) is 2.29. The molecule has 15 heavy (non-hydrogen) atoms. The fraction of sp³-hybridized carbons (Fsp3) is 0.364. The molecule has 0 saturated carbocycles. The second-order valence-electron chi connectivity index (χ2n) is 3.83. The van der Waals surface area contributed by atoms with Gasteiger partial charge in [-0.05, 0) is 30.2 Å². The van der Waals surface area contributed by atoms with Crippen molar-refractivity contribution in [3.05, 3.63) is 28.9 Å². The van der Waals surface area contributed by atoms with Crippen molar-refractivity contribution >= 4 is 22.5 Å². The number of benzene rings is 1. The quantitative estimate of drug-likeness (QED) is 0.849. The molecule has 0 aliphatic carbocycles. The Morgan fingerprint density at radius 2 is 2.27 bits per heavy atom. The van der Waals surface area contributed by atoms with Crippen LogP contribution in [0.1, 0.15) is 18.4 Å². The maximum atomic E-state index is 5.99. The molecule has 1 heterocycles. The second-order valence-corrected chi connectivity index (χ2v) is 4.19. The summed E-state index contributed by atoms with van der Waals surface area (Å²) in [5.41, 5.74) is 7.92. The fourth-order valence-corrected chi connectivity index (χ4v) is 1.95. The molecular formula is C11H14ClN3. The van der Waals surface area contributed by atoms with E-state index in [1.165, 1.54) is 5.56 Å². The highest BCUT2D eigenvalue weighted by atomic mass is 35.5. The van der Waals surface area contributed by atoms with Gasteiger partial charge in [-0.1, -0.05) is 24.6 Å². The number of hydrogen-bond acceptors (Lipinski definition) is 2. The average Bonchev–Trinajstić information content (AvgIpc) is 2.53.